The first-order valence-corrected chi connectivity index (χ1v) is 18.1. The molecular weight excluding hydrogens is 645 g/mol. The summed E-state index contributed by atoms with van der Waals surface area (Å²) in [7, 11) is 0. The third-order valence-corrected chi connectivity index (χ3v) is 10.7. The minimum atomic E-state index is 0.872. The second-order valence-electron chi connectivity index (χ2n) is 13.8. The Kier molecular flexibility index (Phi) is 6.55. The average molecular weight is 677 g/mol. The third kappa shape index (κ3) is 4.68. The molecule has 3 nitrogen and oxygen atoms in total. The smallest absolute Gasteiger partial charge is 0.213 e. The van der Waals surface area contributed by atoms with E-state index in [4.69, 9.17) is 4.42 Å². The van der Waals surface area contributed by atoms with Gasteiger partial charge in [-0.2, -0.15) is 0 Å². The number of para-hydroxylation sites is 3. The van der Waals surface area contributed by atoms with Crippen LogP contribution < -0.4 is 0 Å². The Morgan fingerprint density at radius 2 is 0.792 bits per heavy atom. The molecule has 0 amide bonds. The van der Waals surface area contributed by atoms with Gasteiger partial charge in [0.1, 0.15) is 5.58 Å². The van der Waals surface area contributed by atoms with Crippen LogP contribution in [0.4, 0.5) is 0 Å². The van der Waals surface area contributed by atoms with Gasteiger partial charge >= 0.3 is 0 Å². The van der Waals surface area contributed by atoms with Gasteiger partial charge in [-0.3, -0.25) is 4.57 Å². The lowest BCUT2D eigenvalue weighted by atomic mass is 9.93. The summed E-state index contributed by atoms with van der Waals surface area (Å²) in [6.07, 6.45) is 0. The zero-order chi connectivity index (χ0) is 34.9. The van der Waals surface area contributed by atoms with Crippen LogP contribution >= 0.6 is 0 Å². The zero-order valence-electron chi connectivity index (χ0n) is 28.8. The molecule has 3 aromatic heterocycles. The van der Waals surface area contributed by atoms with E-state index < -0.39 is 0 Å². The lowest BCUT2D eigenvalue weighted by molar-refractivity contribution is 0.645. The average Bonchev–Trinajstić information content (AvgIpc) is 3.88. The van der Waals surface area contributed by atoms with Crippen molar-refractivity contribution in [3.63, 3.8) is 0 Å². The number of fused-ring (bicyclic) bond motifs is 8. The number of hydrogen-bond acceptors (Lipinski definition) is 1. The Morgan fingerprint density at radius 3 is 1.45 bits per heavy atom. The Balaban J connectivity index is 1.06. The van der Waals surface area contributed by atoms with Crippen molar-refractivity contribution >= 4 is 54.8 Å². The molecular formula is C50H32N2O. The fraction of sp³-hybridized carbons (Fsp3) is 0. The minimum Gasteiger partial charge on any atom is -0.439 e. The number of nitrogens with zero attached hydrogens (tertiary/aromatic N) is 2. The molecule has 0 unspecified atom stereocenters. The van der Waals surface area contributed by atoms with E-state index in [0.29, 0.717) is 0 Å². The van der Waals surface area contributed by atoms with Gasteiger partial charge in [-0.25, -0.2) is 0 Å². The maximum Gasteiger partial charge on any atom is 0.213 e. The third-order valence-electron chi connectivity index (χ3n) is 10.7. The molecule has 248 valence electrons. The summed E-state index contributed by atoms with van der Waals surface area (Å²) < 4.78 is 11.1. The Hall–Kier alpha value is -7.10. The molecule has 0 bridgehead atoms. The molecule has 0 atom stereocenters. The summed E-state index contributed by atoms with van der Waals surface area (Å²) in [4.78, 5) is 0. The second kappa shape index (κ2) is 11.7. The highest BCUT2D eigenvalue weighted by molar-refractivity contribution is 6.20. The summed E-state index contributed by atoms with van der Waals surface area (Å²) in [5.74, 6) is 0. The molecule has 3 heteroatoms. The van der Waals surface area contributed by atoms with Gasteiger partial charge in [0.15, 0.2) is 0 Å². The van der Waals surface area contributed by atoms with E-state index in [1.807, 2.05) is 12.1 Å². The number of aromatic nitrogens is 2. The topological polar surface area (TPSA) is 23.0 Å². The standard InChI is InChI=1S/C50H32N2O/c1-3-13-33(14-4-1)36-29-37(34-15-5-2-6-16-34)31-38(30-36)35-23-28-47-44(32-35)41-17-7-10-20-45(41)51(47)39-24-26-40(27-25-39)52-46-21-11-8-18-42(46)49-43-19-9-12-22-48(43)53-50(49)52/h1-32H. The van der Waals surface area contributed by atoms with E-state index in [0.717, 1.165) is 39.0 Å². The predicted octanol–water partition coefficient (Wildman–Crippen LogP) is 13.6. The lowest BCUT2D eigenvalue weighted by Gasteiger charge is -2.12. The summed E-state index contributed by atoms with van der Waals surface area (Å²) in [6.45, 7) is 0. The normalized spacial score (nSPS) is 11.8. The van der Waals surface area contributed by atoms with Crippen LogP contribution in [0.5, 0.6) is 0 Å². The van der Waals surface area contributed by atoms with Crippen molar-refractivity contribution in [1.82, 2.24) is 9.13 Å². The van der Waals surface area contributed by atoms with Crippen LogP contribution in [0.25, 0.3) is 99.5 Å². The van der Waals surface area contributed by atoms with Gasteiger partial charge in [0, 0.05) is 32.9 Å². The molecule has 53 heavy (non-hydrogen) atoms. The van der Waals surface area contributed by atoms with Crippen molar-refractivity contribution in [2.75, 3.05) is 0 Å². The monoisotopic (exact) mass is 676 g/mol. The molecule has 0 fully saturated rings. The molecule has 11 rings (SSSR count). The number of benzene rings is 8. The quantitative estimate of drug-likeness (QED) is 0.178. The van der Waals surface area contributed by atoms with Crippen molar-refractivity contribution in [2.45, 2.75) is 0 Å². The van der Waals surface area contributed by atoms with Crippen molar-refractivity contribution in [3.8, 4) is 44.8 Å². The van der Waals surface area contributed by atoms with Crippen molar-refractivity contribution in [3.05, 3.63) is 194 Å². The van der Waals surface area contributed by atoms with Gasteiger partial charge < -0.3 is 8.98 Å². The first-order chi connectivity index (χ1) is 26.3. The minimum absolute atomic E-state index is 0.872. The van der Waals surface area contributed by atoms with Gasteiger partial charge in [0.2, 0.25) is 5.71 Å². The fourth-order valence-electron chi connectivity index (χ4n) is 8.27. The van der Waals surface area contributed by atoms with E-state index in [2.05, 4.69) is 191 Å². The number of furan rings is 1. The maximum atomic E-state index is 6.51. The van der Waals surface area contributed by atoms with Crippen LogP contribution in [-0.4, -0.2) is 9.13 Å². The molecule has 3 heterocycles. The highest BCUT2D eigenvalue weighted by Gasteiger charge is 2.20. The molecule has 0 aliphatic rings. The Morgan fingerprint density at radius 1 is 0.302 bits per heavy atom. The number of rotatable bonds is 5. The van der Waals surface area contributed by atoms with Crippen molar-refractivity contribution in [1.29, 1.82) is 0 Å². The first-order valence-electron chi connectivity index (χ1n) is 18.1. The van der Waals surface area contributed by atoms with E-state index in [9.17, 15) is 0 Å². The van der Waals surface area contributed by atoms with Crippen LogP contribution in [0.3, 0.4) is 0 Å². The van der Waals surface area contributed by atoms with Crippen LogP contribution in [0.2, 0.25) is 0 Å². The zero-order valence-corrected chi connectivity index (χ0v) is 28.8. The lowest BCUT2D eigenvalue weighted by Crippen LogP contribution is -1.97. The van der Waals surface area contributed by atoms with Gasteiger partial charge in [0.05, 0.1) is 21.9 Å². The molecule has 0 saturated heterocycles. The van der Waals surface area contributed by atoms with Crippen LogP contribution in [0, 0.1) is 0 Å². The SMILES string of the molecule is c1ccc(-c2cc(-c3ccccc3)cc(-c3ccc4c(c3)c3ccccc3n4-c3ccc(-n4c5ccccc5c5c6ccccc6oc54)cc3)c2)cc1. The van der Waals surface area contributed by atoms with Crippen LogP contribution in [0.15, 0.2) is 199 Å². The van der Waals surface area contributed by atoms with E-state index in [1.54, 1.807) is 0 Å². The maximum absolute atomic E-state index is 6.51. The van der Waals surface area contributed by atoms with E-state index >= 15 is 0 Å². The van der Waals surface area contributed by atoms with E-state index in [1.165, 1.54) is 60.6 Å². The summed E-state index contributed by atoms with van der Waals surface area (Å²) in [5, 5.41) is 5.95. The van der Waals surface area contributed by atoms with Gasteiger partial charge in [-0.15, -0.1) is 0 Å². The molecule has 0 aliphatic carbocycles. The van der Waals surface area contributed by atoms with Crippen LogP contribution in [-0.2, 0) is 0 Å². The fourth-order valence-corrected chi connectivity index (χ4v) is 8.27. The van der Waals surface area contributed by atoms with Crippen molar-refractivity contribution < 1.29 is 4.42 Å². The van der Waals surface area contributed by atoms with E-state index in [-0.39, 0.29) is 0 Å². The Bertz CT molecular complexity index is 3090. The van der Waals surface area contributed by atoms with Crippen LogP contribution in [0.1, 0.15) is 0 Å². The summed E-state index contributed by atoms with van der Waals surface area (Å²) in [5.41, 5.74) is 14.7. The molecule has 0 aliphatic heterocycles. The largest absolute Gasteiger partial charge is 0.439 e. The molecule has 0 saturated carbocycles. The number of hydrogen-bond donors (Lipinski definition) is 0. The highest BCUT2D eigenvalue weighted by Crippen LogP contribution is 2.40. The molecule has 0 spiro atoms. The van der Waals surface area contributed by atoms with Gasteiger partial charge in [-0.05, 0) is 106 Å². The molecule has 8 aromatic carbocycles. The molecule has 0 radical (unpaired) electrons. The first kappa shape index (κ1) is 29.6. The predicted molar refractivity (Wildman–Crippen MR) is 221 cm³/mol. The highest BCUT2D eigenvalue weighted by atomic mass is 16.3. The molecule has 11 aromatic rings. The van der Waals surface area contributed by atoms with Gasteiger partial charge in [0.25, 0.3) is 0 Å². The van der Waals surface area contributed by atoms with Crippen molar-refractivity contribution in [2.24, 2.45) is 0 Å². The van der Waals surface area contributed by atoms with Gasteiger partial charge in [-0.1, -0.05) is 121 Å². The second-order valence-corrected chi connectivity index (χ2v) is 13.8. The molecule has 0 N–H and O–H groups in total. The summed E-state index contributed by atoms with van der Waals surface area (Å²) in [6, 6.07) is 69.7. The summed E-state index contributed by atoms with van der Waals surface area (Å²) >= 11 is 0. The Labute approximate surface area is 306 Å².